The molecule has 0 amide bonds. The molecule has 0 aliphatic heterocycles. The summed E-state index contributed by atoms with van der Waals surface area (Å²) >= 11 is 0. The van der Waals surface area contributed by atoms with Gasteiger partial charge in [-0.05, 0) is 13.8 Å². The van der Waals surface area contributed by atoms with Crippen LogP contribution in [0.4, 0.5) is 0 Å². The van der Waals surface area contributed by atoms with Crippen LogP contribution in [0.25, 0.3) is 0 Å². The number of hydrogen-bond donors (Lipinski definition) is 3. The van der Waals surface area contributed by atoms with Crippen molar-refractivity contribution in [3.63, 3.8) is 0 Å². The van der Waals surface area contributed by atoms with E-state index in [0.29, 0.717) is 19.6 Å². The van der Waals surface area contributed by atoms with Gasteiger partial charge in [-0.15, -0.1) is 0 Å². The second-order valence-corrected chi connectivity index (χ2v) is 3.59. The van der Waals surface area contributed by atoms with Gasteiger partial charge in [-0.1, -0.05) is 0 Å². The number of ketones is 2. The van der Waals surface area contributed by atoms with Crippen molar-refractivity contribution in [2.24, 2.45) is 0 Å². The maximum atomic E-state index is 10.0. The standard InChI is InChI=1S/C6H15NO3.C5H8O2/c8-4-1-7(2-5-9)3-6-10;1-4(6)3-5(2)7/h8-10H,1-6H2;3H2,1-2H3. The first-order valence-electron chi connectivity index (χ1n) is 5.51. The number of hydrogen-bond acceptors (Lipinski definition) is 6. The van der Waals surface area contributed by atoms with Crippen LogP contribution in [0.1, 0.15) is 20.3 Å². The third-order valence-corrected chi connectivity index (χ3v) is 1.75. The normalized spacial score (nSPS) is 9.76. The lowest BCUT2D eigenvalue weighted by atomic mass is 10.2. The molecule has 0 rings (SSSR count). The molecular weight excluding hydrogens is 226 g/mol. The highest BCUT2D eigenvalue weighted by molar-refractivity contribution is 5.96. The monoisotopic (exact) mass is 249 g/mol. The van der Waals surface area contributed by atoms with Gasteiger partial charge in [0.05, 0.1) is 26.2 Å². The average molecular weight is 249 g/mol. The molecule has 102 valence electrons. The van der Waals surface area contributed by atoms with Crippen LogP contribution in [0.15, 0.2) is 0 Å². The third-order valence-electron chi connectivity index (χ3n) is 1.75. The zero-order valence-corrected chi connectivity index (χ0v) is 10.6. The molecule has 0 aliphatic carbocycles. The highest BCUT2D eigenvalue weighted by Gasteiger charge is 2.00. The van der Waals surface area contributed by atoms with E-state index in [0.717, 1.165) is 0 Å². The van der Waals surface area contributed by atoms with Crippen LogP contribution in [0, 0.1) is 0 Å². The first kappa shape index (κ1) is 18.5. The molecule has 0 aromatic carbocycles. The summed E-state index contributed by atoms with van der Waals surface area (Å²) in [7, 11) is 0. The molecule has 0 heterocycles. The quantitative estimate of drug-likeness (QED) is 0.468. The number of rotatable bonds is 8. The molecule has 3 N–H and O–H groups in total. The van der Waals surface area contributed by atoms with Crippen molar-refractivity contribution in [1.82, 2.24) is 4.90 Å². The fourth-order valence-corrected chi connectivity index (χ4v) is 1.11. The maximum absolute atomic E-state index is 10.0. The Labute approximate surface area is 102 Å². The molecule has 0 aromatic heterocycles. The number of carbonyl (C=O) groups is 2. The summed E-state index contributed by atoms with van der Waals surface area (Å²) in [5.41, 5.74) is 0. The molecular formula is C11H23NO5. The molecule has 0 atom stereocenters. The molecule has 0 unspecified atom stereocenters. The largest absolute Gasteiger partial charge is 0.395 e. The molecule has 0 saturated carbocycles. The first-order valence-corrected chi connectivity index (χ1v) is 5.51. The van der Waals surface area contributed by atoms with E-state index in [-0.39, 0.29) is 37.8 Å². The predicted molar refractivity (Wildman–Crippen MR) is 63.7 cm³/mol. The molecule has 0 aromatic rings. The minimum Gasteiger partial charge on any atom is -0.395 e. The van der Waals surface area contributed by atoms with E-state index < -0.39 is 0 Å². The van der Waals surface area contributed by atoms with E-state index in [9.17, 15) is 9.59 Å². The van der Waals surface area contributed by atoms with Crippen LogP contribution in [0.3, 0.4) is 0 Å². The maximum Gasteiger partial charge on any atom is 0.137 e. The number of Topliss-reactive ketones (excluding diaryl/α,β-unsaturated/α-hetero) is 2. The van der Waals surface area contributed by atoms with Crippen molar-refractivity contribution in [3.05, 3.63) is 0 Å². The Morgan fingerprint density at radius 1 is 0.824 bits per heavy atom. The highest BCUT2D eigenvalue weighted by Crippen LogP contribution is 1.84. The molecule has 0 fully saturated rings. The SMILES string of the molecule is CC(=O)CC(C)=O.OCCN(CCO)CCO. The summed E-state index contributed by atoms with van der Waals surface area (Å²) in [6.45, 7) is 4.56. The van der Waals surface area contributed by atoms with E-state index >= 15 is 0 Å². The summed E-state index contributed by atoms with van der Waals surface area (Å²) in [5.74, 6) is -0.125. The molecule has 0 radical (unpaired) electrons. The summed E-state index contributed by atoms with van der Waals surface area (Å²) < 4.78 is 0. The van der Waals surface area contributed by atoms with Gasteiger partial charge in [0.2, 0.25) is 0 Å². The van der Waals surface area contributed by atoms with Gasteiger partial charge in [0.15, 0.2) is 0 Å². The number of nitrogens with zero attached hydrogens (tertiary/aromatic N) is 1. The average Bonchev–Trinajstić information content (AvgIpc) is 2.17. The summed E-state index contributed by atoms with van der Waals surface area (Å²) in [5, 5.41) is 25.5. The van der Waals surface area contributed by atoms with Crippen LogP contribution in [0.5, 0.6) is 0 Å². The summed E-state index contributed by atoms with van der Waals surface area (Å²) in [6, 6.07) is 0. The Kier molecular flexibility index (Phi) is 14.4. The van der Waals surface area contributed by atoms with Crippen LogP contribution in [-0.4, -0.2) is 71.2 Å². The second-order valence-electron chi connectivity index (χ2n) is 3.59. The van der Waals surface area contributed by atoms with E-state index in [4.69, 9.17) is 15.3 Å². The van der Waals surface area contributed by atoms with Gasteiger partial charge in [0, 0.05) is 19.6 Å². The fourth-order valence-electron chi connectivity index (χ4n) is 1.11. The van der Waals surface area contributed by atoms with Gasteiger partial charge in [0.1, 0.15) is 11.6 Å². The lowest BCUT2D eigenvalue weighted by Crippen LogP contribution is -2.32. The number of aliphatic hydroxyl groups excluding tert-OH is 3. The molecule has 0 aliphatic rings. The molecule has 0 bridgehead atoms. The van der Waals surface area contributed by atoms with Crippen molar-refractivity contribution in [1.29, 1.82) is 0 Å². The van der Waals surface area contributed by atoms with Crippen molar-refractivity contribution in [3.8, 4) is 0 Å². The van der Waals surface area contributed by atoms with Crippen molar-refractivity contribution in [2.75, 3.05) is 39.5 Å². The highest BCUT2D eigenvalue weighted by atomic mass is 16.3. The van der Waals surface area contributed by atoms with Gasteiger partial charge < -0.3 is 15.3 Å². The van der Waals surface area contributed by atoms with Gasteiger partial charge in [-0.3, -0.25) is 14.5 Å². The fraction of sp³-hybridized carbons (Fsp3) is 0.818. The first-order chi connectivity index (χ1) is 7.97. The van der Waals surface area contributed by atoms with Crippen LogP contribution >= 0.6 is 0 Å². The number of carbonyl (C=O) groups excluding carboxylic acids is 2. The predicted octanol–water partition coefficient (Wildman–Crippen LogP) is -1.18. The molecule has 0 saturated heterocycles. The minimum absolute atomic E-state index is 0.0625. The van der Waals surface area contributed by atoms with Gasteiger partial charge >= 0.3 is 0 Å². The Hall–Kier alpha value is -0.820. The molecule has 17 heavy (non-hydrogen) atoms. The van der Waals surface area contributed by atoms with Crippen LogP contribution in [-0.2, 0) is 9.59 Å². The molecule has 0 spiro atoms. The summed E-state index contributed by atoms with van der Waals surface area (Å²) in [4.78, 5) is 21.9. The van der Waals surface area contributed by atoms with Crippen molar-refractivity contribution >= 4 is 11.6 Å². The van der Waals surface area contributed by atoms with Crippen molar-refractivity contribution < 1.29 is 24.9 Å². The Balaban J connectivity index is 0. The van der Waals surface area contributed by atoms with Gasteiger partial charge in [0.25, 0.3) is 0 Å². The minimum atomic E-state index is -0.0625. The Bertz CT molecular complexity index is 182. The number of aliphatic hydroxyl groups is 3. The Morgan fingerprint density at radius 3 is 1.24 bits per heavy atom. The topological polar surface area (TPSA) is 98.1 Å². The van der Waals surface area contributed by atoms with E-state index in [1.807, 2.05) is 0 Å². The van der Waals surface area contributed by atoms with E-state index in [2.05, 4.69) is 0 Å². The second kappa shape index (κ2) is 13.2. The third kappa shape index (κ3) is 17.8. The molecule has 6 nitrogen and oxygen atoms in total. The summed E-state index contributed by atoms with van der Waals surface area (Å²) in [6.07, 6.45) is 0.0833. The zero-order chi connectivity index (χ0) is 13.7. The van der Waals surface area contributed by atoms with E-state index in [1.54, 1.807) is 4.90 Å². The smallest absolute Gasteiger partial charge is 0.137 e. The van der Waals surface area contributed by atoms with Crippen LogP contribution < -0.4 is 0 Å². The van der Waals surface area contributed by atoms with Gasteiger partial charge in [-0.25, -0.2) is 0 Å². The Morgan fingerprint density at radius 2 is 1.12 bits per heavy atom. The zero-order valence-electron chi connectivity index (χ0n) is 10.6. The lowest BCUT2D eigenvalue weighted by Gasteiger charge is -2.17. The van der Waals surface area contributed by atoms with Crippen LogP contribution in [0.2, 0.25) is 0 Å². The van der Waals surface area contributed by atoms with Crippen molar-refractivity contribution in [2.45, 2.75) is 20.3 Å². The lowest BCUT2D eigenvalue weighted by molar-refractivity contribution is -0.124. The van der Waals surface area contributed by atoms with Gasteiger partial charge in [-0.2, -0.15) is 0 Å². The van der Waals surface area contributed by atoms with E-state index in [1.165, 1.54) is 13.8 Å². The molecule has 6 heteroatoms.